The van der Waals surface area contributed by atoms with Crippen molar-refractivity contribution >= 4 is 10.9 Å². The fraction of sp³-hybridized carbons (Fsp3) is 0.471. The van der Waals surface area contributed by atoms with E-state index < -0.39 is 0 Å². The first-order valence-electron chi connectivity index (χ1n) is 7.30. The van der Waals surface area contributed by atoms with E-state index in [0.29, 0.717) is 5.92 Å². The topological polar surface area (TPSA) is 24.9 Å². The van der Waals surface area contributed by atoms with Gasteiger partial charge >= 0.3 is 0 Å². The number of aromatic nitrogens is 1. The van der Waals surface area contributed by atoms with E-state index in [9.17, 15) is 0 Å². The van der Waals surface area contributed by atoms with Gasteiger partial charge in [0.25, 0.3) is 0 Å². The van der Waals surface area contributed by atoms with Gasteiger partial charge < -0.3 is 5.32 Å². The molecule has 0 spiro atoms. The fourth-order valence-corrected chi connectivity index (χ4v) is 3.41. The molecule has 1 N–H and O–H groups in total. The number of fused-ring (bicyclic) bond motifs is 1. The molecule has 2 heteroatoms. The van der Waals surface area contributed by atoms with Gasteiger partial charge in [0.15, 0.2) is 0 Å². The van der Waals surface area contributed by atoms with E-state index in [-0.39, 0.29) is 5.54 Å². The Bertz CT molecular complexity index is 568. The largest absolute Gasteiger partial charge is 0.307 e. The molecule has 2 heterocycles. The van der Waals surface area contributed by atoms with Gasteiger partial charge in [0.1, 0.15) is 0 Å². The molecule has 0 saturated carbocycles. The molecule has 1 aromatic carbocycles. The molecule has 1 aliphatic rings. The van der Waals surface area contributed by atoms with Crippen molar-refractivity contribution in [1.29, 1.82) is 0 Å². The lowest BCUT2D eigenvalue weighted by molar-refractivity contribution is 0.311. The zero-order valence-corrected chi connectivity index (χ0v) is 11.8. The fourth-order valence-electron chi connectivity index (χ4n) is 3.41. The van der Waals surface area contributed by atoms with Gasteiger partial charge in [-0.05, 0) is 49.4 Å². The third-order valence-corrected chi connectivity index (χ3v) is 4.16. The van der Waals surface area contributed by atoms with Crippen LogP contribution in [-0.2, 0) is 5.54 Å². The van der Waals surface area contributed by atoms with Gasteiger partial charge in [0, 0.05) is 17.1 Å². The Morgan fingerprint density at radius 2 is 2.21 bits per heavy atom. The summed E-state index contributed by atoms with van der Waals surface area (Å²) in [6.45, 7) is 5.75. The van der Waals surface area contributed by atoms with Crippen LogP contribution in [0.25, 0.3) is 10.9 Å². The monoisotopic (exact) mass is 254 g/mol. The Hall–Kier alpha value is -1.41. The molecule has 3 rings (SSSR count). The van der Waals surface area contributed by atoms with Gasteiger partial charge in [-0.15, -0.1) is 0 Å². The first-order valence-corrected chi connectivity index (χ1v) is 7.30. The van der Waals surface area contributed by atoms with Crippen molar-refractivity contribution in [3.8, 4) is 0 Å². The summed E-state index contributed by atoms with van der Waals surface area (Å²) < 4.78 is 0. The highest BCUT2D eigenvalue weighted by molar-refractivity contribution is 5.79. The molecule has 0 radical (unpaired) electrons. The van der Waals surface area contributed by atoms with Gasteiger partial charge in [-0.3, -0.25) is 4.98 Å². The summed E-state index contributed by atoms with van der Waals surface area (Å²) in [5, 5.41) is 4.98. The Balaban J connectivity index is 2.05. The van der Waals surface area contributed by atoms with Crippen molar-refractivity contribution in [2.24, 2.45) is 5.92 Å². The number of rotatable bonds is 3. The number of nitrogens with zero attached hydrogens (tertiary/aromatic N) is 1. The van der Waals surface area contributed by atoms with E-state index in [2.05, 4.69) is 48.4 Å². The number of nitrogens with one attached hydrogen (secondary N) is 1. The summed E-state index contributed by atoms with van der Waals surface area (Å²) in [5.41, 5.74) is 2.68. The molecule has 1 fully saturated rings. The van der Waals surface area contributed by atoms with Crippen LogP contribution in [0.1, 0.15) is 38.7 Å². The van der Waals surface area contributed by atoms with E-state index >= 15 is 0 Å². The second-order valence-corrected chi connectivity index (χ2v) is 6.12. The lowest BCUT2D eigenvalue weighted by Crippen LogP contribution is -2.38. The molecular weight excluding hydrogens is 232 g/mol. The number of pyridine rings is 1. The highest BCUT2D eigenvalue weighted by atomic mass is 15.0. The smallest absolute Gasteiger partial charge is 0.0705 e. The van der Waals surface area contributed by atoms with E-state index in [1.807, 2.05) is 12.3 Å². The van der Waals surface area contributed by atoms with Gasteiger partial charge in [-0.2, -0.15) is 0 Å². The molecule has 100 valence electrons. The normalized spacial score (nSPS) is 23.3. The molecule has 1 aliphatic heterocycles. The van der Waals surface area contributed by atoms with Crippen molar-refractivity contribution < 1.29 is 0 Å². The summed E-state index contributed by atoms with van der Waals surface area (Å²) in [7, 11) is 0. The summed E-state index contributed by atoms with van der Waals surface area (Å²) in [4.78, 5) is 4.50. The van der Waals surface area contributed by atoms with Crippen LogP contribution in [0.15, 0.2) is 36.5 Å². The van der Waals surface area contributed by atoms with Crippen LogP contribution < -0.4 is 5.32 Å². The third kappa shape index (κ3) is 2.37. The highest BCUT2D eigenvalue weighted by Crippen LogP contribution is 2.37. The van der Waals surface area contributed by atoms with E-state index in [0.717, 1.165) is 12.1 Å². The molecule has 0 bridgehead atoms. The van der Waals surface area contributed by atoms with Crippen molar-refractivity contribution in [2.75, 3.05) is 6.54 Å². The van der Waals surface area contributed by atoms with Crippen LogP contribution in [0.5, 0.6) is 0 Å². The van der Waals surface area contributed by atoms with Crippen molar-refractivity contribution in [1.82, 2.24) is 10.3 Å². The molecule has 1 atom stereocenters. The van der Waals surface area contributed by atoms with Gasteiger partial charge in [-0.1, -0.05) is 32.0 Å². The number of hydrogen-bond acceptors (Lipinski definition) is 2. The van der Waals surface area contributed by atoms with Crippen molar-refractivity contribution in [3.63, 3.8) is 0 Å². The summed E-state index contributed by atoms with van der Waals surface area (Å²) in [6, 6.07) is 10.9. The van der Waals surface area contributed by atoms with E-state index in [1.54, 1.807) is 0 Å². The van der Waals surface area contributed by atoms with Crippen LogP contribution >= 0.6 is 0 Å². The molecule has 1 aromatic heterocycles. The predicted molar refractivity (Wildman–Crippen MR) is 80.1 cm³/mol. The van der Waals surface area contributed by atoms with Crippen LogP contribution in [0, 0.1) is 5.92 Å². The van der Waals surface area contributed by atoms with Crippen LogP contribution in [-0.4, -0.2) is 11.5 Å². The Morgan fingerprint density at radius 3 is 2.95 bits per heavy atom. The first kappa shape index (κ1) is 12.6. The molecule has 2 aromatic rings. The quantitative estimate of drug-likeness (QED) is 0.899. The lowest BCUT2D eigenvalue weighted by atomic mass is 9.81. The summed E-state index contributed by atoms with van der Waals surface area (Å²) >= 11 is 0. The van der Waals surface area contributed by atoms with Crippen LogP contribution in [0.3, 0.4) is 0 Å². The maximum Gasteiger partial charge on any atom is 0.0705 e. The minimum Gasteiger partial charge on any atom is -0.307 e. The minimum atomic E-state index is 0.167. The standard InChI is InChI=1S/C17H22N2/c1-13(2)12-17(8-4-10-19-17)15-7-6-14-5-3-9-18-16(14)11-15/h3,5-7,9,11,13,19H,4,8,10,12H2,1-2H3. The molecule has 2 nitrogen and oxygen atoms in total. The lowest BCUT2D eigenvalue weighted by Gasteiger charge is -2.32. The summed E-state index contributed by atoms with van der Waals surface area (Å²) in [5.74, 6) is 0.699. The van der Waals surface area contributed by atoms with Gasteiger partial charge in [0.2, 0.25) is 0 Å². The predicted octanol–water partition coefficient (Wildman–Crippen LogP) is 3.86. The average molecular weight is 254 g/mol. The van der Waals surface area contributed by atoms with Gasteiger partial charge in [0.05, 0.1) is 5.52 Å². The molecule has 19 heavy (non-hydrogen) atoms. The Kier molecular flexibility index (Phi) is 3.28. The minimum absolute atomic E-state index is 0.167. The second-order valence-electron chi connectivity index (χ2n) is 6.12. The van der Waals surface area contributed by atoms with Crippen molar-refractivity contribution in [3.05, 3.63) is 42.1 Å². The second kappa shape index (κ2) is 4.93. The third-order valence-electron chi connectivity index (χ3n) is 4.16. The van der Waals surface area contributed by atoms with E-state index in [1.165, 1.54) is 30.2 Å². The van der Waals surface area contributed by atoms with Crippen LogP contribution in [0.4, 0.5) is 0 Å². The SMILES string of the molecule is CC(C)CC1(c2ccc3cccnc3c2)CCCN1. The maximum atomic E-state index is 4.50. The molecule has 0 amide bonds. The molecule has 0 aliphatic carbocycles. The number of hydrogen-bond donors (Lipinski definition) is 1. The van der Waals surface area contributed by atoms with Crippen molar-refractivity contribution in [2.45, 2.75) is 38.6 Å². The Morgan fingerprint density at radius 1 is 1.32 bits per heavy atom. The zero-order chi connectivity index (χ0) is 13.3. The van der Waals surface area contributed by atoms with E-state index in [4.69, 9.17) is 0 Å². The summed E-state index contributed by atoms with van der Waals surface area (Å²) in [6.07, 6.45) is 5.59. The molecule has 1 unspecified atom stereocenters. The Labute approximate surface area is 115 Å². The first-order chi connectivity index (χ1) is 9.20. The zero-order valence-electron chi connectivity index (χ0n) is 11.8. The highest BCUT2D eigenvalue weighted by Gasteiger charge is 2.35. The average Bonchev–Trinajstić information content (AvgIpc) is 2.87. The number of benzene rings is 1. The molecule has 1 saturated heterocycles. The van der Waals surface area contributed by atoms with Crippen LogP contribution in [0.2, 0.25) is 0 Å². The van der Waals surface area contributed by atoms with Gasteiger partial charge in [-0.25, -0.2) is 0 Å². The molecular formula is C17H22N2. The maximum absolute atomic E-state index is 4.50.